The molecule has 0 bridgehead atoms. The molecule has 0 atom stereocenters. The zero-order chi connectivity index (χ0) is 12.4. The van der Waals surface area contributed by atoms with Crippen molar-refractivity contribution in [1.82, 2.24) is 4.98 Å². The fourth-order valence-electron chi connectivity index (χ4n) is 1.64. The van der Waals surface area contributed by atoms with E-state index >= 15 is 0 Å². The molecule has 0 spiro atoms. The molecule has 1 heterocycles. The van der Waals surface area contributed by atoms with Crippen molar-refractivity contribution in [3.63, 3.8) is 0 Å². The number of halogens is 1. The lowest BCUT2D eigenvalue weighted by Crippen LogP contribution is -1.94. The number of nitrogens with zero attached hydrogens (tertiary/aromatic N) is 1. The summed E-state index contributed by atoms with van der Waals surface area (Å²) in [5, 5.41) is 1.44. The van der Waals surface area contributed by atoms with Crippen LogP contribution >= 0.6 is 22.9 Å². The number of benzene rings is 2. The van der Waals surface area contributed by atoms with E-state index in [1.54, 1.807) is 11.3 Å². The van der Waals surface area contributed by atoms with E-state index in [1.165, 1.54) is 0 Å². The lowest BCUT2D eigenvalue weighted by atomic mass is 10.2. The van der Waals surface area contributed by atoms with Crippen molar-refractivity contribution in [3.05, 3.63) is 59.1 Å². The molecule has 90 valence electrons. The molecule has 0 aliphatic carbocycles. The van der Waals surface area contributed by atoms with Gasteiger partial charge in [0.15, 0.2) is 0 Å². The van der Waals surface area contributed by atoms with Crippen LogP contribution in [0.3, 0.4) is 0 Å². The number of aromatic nitrogens is 1. The lowest BCUT2D eigenvalue weighted by Gasteiger charge is -2.01. The first-order chi connectivity index (χ1) is 8.81. The van der Waals surface area contributed by atoms with Crippen molar-refractivity contribution in [2.24, 2.45) is 0 Å². The topological polar surface area (TPSA) is 22.1 Å². The molecule has 4 heteroatoms. The SMILES string of the molecule is Clc1ccc(COc2nc3ccccc3s2)cc1. The molecule has 0 unspecified atom stereocenters. The smallest absolute Gasteiger partial charge is 0.274 e. The highest BCUT2D eigenvalue weighted by molar-refractivity contribution is 7.20. The number of thiazole rings is 1. The molecule has 0 aliphatic rings. The van der Waals surface area contributed by atoms with Gasteiger partial charge in [-0.25, -0.2) is 4.98 Å². The molecule has 0 amide bonds. The van der Waals surface area contributed by atoms with Gasteiger partial charge in [0.1, 0.15) is 6.61 Å². The van der Waals surface area contributed by atoms with Crippen molar-refractivity contribution in [2.75, 3.05) is 0 Å². The molecule has 0 N–H and O–H groups in total. The first-order valence-electron chi connectivity index (χ1n) is 5.54. The fourth-order valence-corrected chi connectivity index (χ4v) is 2.58. The lowest BCUT2D eigenvalue weighted by molar-refractivity contribution is 0.305. The molecule has 3 rings (SSSR count). The Bertz CT molecular complexity index is 630. The minimum atomic E-state index is 0.511. The van der Waals surface area contributed by atoms with Crippen LogP contribution in [0, 0.1) is 0 Å². The van der Waals surface area contributed by atoms with Gasteiger partial charge in [-0.3, -0.25) is 0 Å². The molecule has 2 aromatic carbocycles. The molecule has 3 aromatic rings. The number of rotatable bonds is 3. The van der Waals surface area contributed by atoms with Gasteiger partial charge in [-0.2, -0.15) is 0 Å². The second-order valence-electron chi connectivity index (χ2n) is 3.86. The molecule has 0 radical (unpaired) electrons. The van der Waals surface area contributed by atoms with Crippen LogP contribution in [0.2, 0.25) is 5.02 Å². The Kier molecular flexibility index (Phi) is 3.17. The summed E-state index contributed by atoms with van der Waals surface area (Å²) in [6.45, 7) is 0.511. The molecule has 0 fully saturated rings. The van der Waals surface area contributed by atoms with E-state index in [2.05, 4.69) is 4.98 Å². The first-order valence-corrected chi connectivity index (χ1v) is 6.73. The largest absolute Gasteiger partial charge is 0.465 e. The maximum Gasteiger partial charge on any atom is 0.274 e. The Balaban J connectivity index is 1.74. The third-order valence-electron chi connectivity index (χ3n) is 2.55. The van der Waals surface area contributed by atoms with E-state index in [4.69, 9.17) is 16.3 Å². The van der Waals surface area contributed by atoms with Crippen LogP contribution in [0.5, 0.6) is 5.19 Å². The summed E-state index contributed by atoms with van der Waals surface area (Å²) in [5.41, 5.74) is 2.06. The number of hydrogen-bond acceptors (Lipinski definition) is 3. The summed E-state index contributed by atoms with van der Waals surface area (Å²) in [6.07, 6.45) is 0. The summed E-state index contributed by atoms with van der Waals surface area (Å²) >= 11 is 7.39. The Morgan fingerprint density at radius 2 is 1.83 bits per heavy atom. The van der Waals surface area contributed by atoms with Crippen LogP contribution in [-0.4, -0.2) is 4.98 Å². The standard InChI is InChI=1S/C14H10ClNOS/c15-11-7-5-10(6-8-11)9-17-14-16-12-3-1-2-4-13(12)18-14/h1-8H,9H2. The summed E-state index contributed by atoms with van der Waals surface area (Å²) in [4.78, 5) is 4.42. The van der Waals surface area contributed by atoms with Gasteiger partial charge in [-0.15, -0.1) is 0 Å². The number of hydrogen-bond donors (Lipinski definition) is 0. The predicted molar refractivity (Wildman–Crippen MR) is 75.4 cm³/mol. The average molecular weight is 276 g/mol. The van der Waals surface area contributed by atoms with Gasteiger partial charge in [-0.1, -0.05) is 47.2 Å². The highest BCUT2D eigenvalue weighted by Crippen LogP contribution is 2.27. The Morgan fingerprint density at radius 3 is 2.61 bits per heavy atom. The van der Waals surface area contributed by atoms with Crippen LogP contribution in [0.4, 0.5) is 0 Å². The predicted octanol–water partition coefficient (Wildman–Crippen LogP) is 4.53. The van der Waals surface area contributed by atoms with Crippen LogP contribution in [0.15, 0.2) is 48.5 Å². The van der Waals surface area contributed by atoms with Gasteiger partial charge in [0.25, 0.3) is 5.19 Å². The monoisotopic (exact) mass is 275 g/mol. The van der Waals surface area contributed by atoms with E-state index < -0.39 is 0 Å². The normalized spacial score (nSPS) is 10.7. The zero-order valence-corrected chi connectivity index (χ0v) is 11.0. The van der Waals surface area contributed by atoms with Gasteiger partial charge in [0.05, 0.1) is 10.2 Å². The average Bonchev–Trinajstić information content (AvgIpc) is 2.81. The van der Waals surface area contributed by atoms with E-state index in [0.717, 1.165) is 20.8 Å². The molecule has 18 heavy (non-hydrogen) atoms. The second-order valence-corrected chi connectivity index (χ2v) is 5.29. The Labute approximate surface area is 114 Å². The quantitative estimate of drug-likeness (QED) is 0.701. The summed E-state index contributed by atoms with van der Waals surface area (Å²) < 4.78 is 6.82. The molecule has 0 saturated carbocycles. The first kappa shape index (κ1) is 11.5. The second kappa shape index (κ2) is 4.96. The van der Waals surface area contributed by atoms with Gasteiger partial charge in [0, 0.05) is 5.02 Å². The van der Waals surface area contributed by atoms with Crippen LogP contribution in [0.25, 0.3) is 10.2 Å². The zero-order valence-electron chi connectivity index (χ0n) is 9.47. The number of para-hydroxylation sites is 1. The van der Waals surface area contributed by atoms with Crippen molar-refractivity contribution >= 4 is 33.2 Å². The van der Waals surface area contributed by atoms with Crippen molar-refractivity contribution in [2.45, 2.75) is 6.61 Å². The molecular weight excluding hydrogens is 266 g/mol. The Morgan fingerprint density at radius 1 is 1.06 bits per heavy atom. The third-order valence-corrected chi connectivity index (χ3v) is 3.75. The van der Waals surface area contributed by atoms with Gasteiger partial charge >= 0.3 is 0 Å². The molecular formula is C14H10ClNOS. The van der Waals surface area contributed by atoms with Crippen molar-refractivity contribution in [3.8, 4) is 5.19 Å². The Hall–Kier alpha value is -1.58. The molecule has 0 saturated heterocycles. The third kappa shape index (κ3) is 2.47. The highest BCUT2D eigenvalue weighted by Gasteiger charge is 2.04. The highest BCUT2D eigenvalue weighted by atomic mass is 35.5. The van der Waals surface area contributed by atoms with Gasteiger partial charge in [-0.05, 0) is 29.8 Å². The van der Waals surface area contributed by atoms with E-state index in [0.29, 0.717) is 11.8 Å². The number of fused-ring (bicyclic) bond motifs is 1. The van der Waals surface area contributed by atoms with Crippen molar-refractivity contribution < 1.29 is 4.74 Å². The maximum atomic E-state index is 5.83. The summed E-state index contributed by atoms with van der Waals surface area (Å²) in [5.74, 6) is 0. The number of ether oxygens (including phenoxy) is 1. The summed E-state index contributed by atoms with van der Waals surface area (Å²) in [6, 6.07) is 15.6. The van der Waals surface area contributed by atoms with Crippen molar-refractivity contribution in [1.29, 1.82) is 0 Å². The minimum Gasteiger partial charge on any atom is -0.465 e. The van der Waals surface area contributed by atoms with E-state index in [1.807, 2.05) is 48.5 Å². The minimum absolute atomic E-state index is 0.511. The molecule has 0 aliphatic heterocycles. The van der Waals surface area contributed by atoms with Crippen LogP contribution < -0.4 is 4.74 Å². The fraction of sp³-hybridized carbons (Fsp3) is 0.0714. The van der Waals surface area contributed by atoms with Gasteiger partial charge in [0.2, 0.25) is 0 Å². The van der Waals surface area contributed by atoms with Crippen LogP contribution in [0.1, 0.15) is 5.56 Å². The summed E-state index contributed by atoms with van der Waals surface area (Å²) in [7, 11) is 0. The van der Waals surface area contributed by atoms with E-state index in [-0.39, 0.29) is 0 Å². The van der Waals surface area contributed by atoms with Crippen LogP contribution in [-0.2, 0) is 6.61 Å². The molecule has 2 nitrogen and oxygen atoms in total. The maximum absolute atomic E-state index is 5.83. The molecule has 1 aromatic heterocycles. The van der Waals surface area contributed by atoms with E-state index in [9.17, 15) is 0 Å². The van der Waals surface area contributed by atoms with Gasteiger partial charge < -0.3 is 4.74 Å².